The summed E-state index contributed by atoms with van der Waals surface area (Å²) in [5, 5.41) is 7.57. The van der Waals surface area contributed by atoms with Gasteiger partial charge in [-0.05, 0) is 6.42 Å². The molecule has 0 bridgehead atoms. The van der Waals surface area contributed by atoms with Gasteiger partial charge in [-0.25, -0.2) is 13.1 Å². The number of hydrogen-bond donors (Lipinski definition) is 1. The molecule has 16 heavy (non-hydrogen) atoms. The van der Waals surface area contributed by atoms with Gasteiger partial charge in [-0.1, -0.05) is 20.8 Å². The Labute approximate surface area is 95.5 Å². The van der Waals surface area contributed by atoms with Crippen molar-refractivity contribution in [2.24, 2.45) is 0 Å². The molecule has 1 heterocycles. The SMILES string of the molecule is CCCS(=O)(=O)NCc1nnc(C(C)C)o1. The Morgan fingerprint density at radius 3 is 2.56 bits per heavy atom. The fourth-order valence-electron chi connectivity index (χ4n) is 1.08. The molecule has 7 heteroatoms. The van der Waals surface area contributed by atoms with Crippen LogP contribution in [0.2, 0.25) is 0 Å². The van der Waals surface area contributed by atoms with E-state index in [1.165, 1.54) is 0 Å². The Bertz CT molecular complexity index is 425. The van der Waals surface area contributed by atoms with Gasteiger partial charge in [0.1, 0.15) is 0 Å². The summed E-state index contributed by atoms with van der Waals surface area (Å²) in [6.07, 6.45) is 0.580. The molecule has 0 radical (unpaired) electrons. The van der Waals surface area contributed by atoms with Crippen molar-refractivity contribution in [3.63, 3.8) is 0 Å². The van der Waals surface area contributed by atoms with Crippen LogP contribution in [0.4, 0.5) is 0 Å². The molecule has 0 amide bonds. The van der Waals surface area contributed by atoms with Crippen molar-refractivity contribution in [1.29, 1.82) is 0 Å². The summed E-state index contributed by atoms with van der Waals surface area (Å²) in [6.45, 7) is 5.72. The molecule has 0 unspecified atom stereocenters. The highest BCUT2D eigenvalue weighted by atomic mass is 32.2. The summed E-state index contributed by atoms with van der Waals surface area (Å²) in [5.74, 6) is 1.07. The smallest absolute Gasteiger partial charge is 0.231 e. The fraction of sp³-hybridized carbons (Fsp3) is 0.778. The average molecular weight is 247 g/mol. The lowest BCUT2D eigenvalue weighted by Crippen LogP contribution is -2.25. The van der Waals surface area contributed by atoms with Gasteiger partial charge < -0.3 is 4.42 Å². The van der Waals surface area contributed by atoms with E-state index >= 15 is 0 Å². The Morgan fingerprint density at radius 1 is 1.38 bits per heavy atom. The molecule has 1 N–H and O–H groups in total. The fourth-order valence-corrected chi connectivity index (χ4v) is 2.11. The minimum Gasteiger partial charge on any atom is -0.424 e. The molecular formula is C9H17N3O3S. The first-order chi connectivity index (χ1) is 7.44. The first-order valence-corrected chi connectivity index (χ1v) is 6.89. The third kappa shape index (κ3) is 3.90. The van der Waals surface area contributed by atoms with E-state index in [9.17, 15) is 8.42 Å². The Hall–Kier alpha value is -0.950. The second-order valence-corrected chi connectivity index (χ2v) is 5.76. The average Bonchev–Trinajstić information content (AvgIpc) is 2.63. The second-order valence-electron chi connectivity index (χ2n) is 3.83. The van der Waals surface area contributed by atoms with E-state index in [1.54, 1.807) is 0 Å². The van der Waals surface area contributed by atoms with Crippen LogP contribution < -0.4 is 4.72 Å². The highest BCUT2D eigenvalue weighted by Gasteiger charge is 2.13. The molecule has 1 aromatic heterocycles. The largest absolute Gasteiger partial charge is 0.424 e. The first kappa shape index (κ1) is 13.1. The summed E-state index contributed by atoms with van der Waals surface area (Å²) in [6, 6.07) is 0. The molecule has 0 aliphatic carbocycles. The van der Waals surface area contributed by atoms with E-state index in [4.69, 9.17) is 4.42 Å². The number of nitrogens with one attached hydrogen (secondary N) is 1. The molecule has 1 rings (SSSR count). The maximum atomic E-state index is 11.3. The molecule has 0 saturated heterocycles. The van der Waals surface area contributed by atoms with Crippen LogP contribution >= 0.6 is 0 Å². The molecule has 6 nitrogen and oxygen atoms in total. The van der Waals surface area contributed by atoms with Crippen molar-refractivity contribution in [2.45, 2.75) is 39.7 Å². The first-order valence-electron chi connectivity index (χ1n) is 5.24. The van der Waals surface area contributed by atoms with Crippen LogP contribution in [0.1, 0.15) is 44.9 Å². The maximum Gasteiger partial charge on any atom is 0.231 e. The van der Waals surface area contributed by atoms with Crippen LogP contribution in [0.25, 0.3) is 0 Å². The van der Waals surface area contributed by atoms with Gasteiger partial charge >= 0.3 is 0 Å². The molecular weight excluding hydrogens is 230 g/mol. The quantitative estimate of drug-likeness (QED) is 0.811. The monoisotopic (exact) mass is 247 g/mol. The van der Waals surface area contributed by atoms with E-state index in [-0.39, 0.29) is 18.2 Å². The number of sulfonamides is 1. The van der Waals surface area contributed by atoms with E-state index in [1.807, 2.05) is 20.8 Å². The zero-order valence-electron chi connectivity index (χ0n) is 9.73. The molecule has 0 aromatic carbocycles. The molecule has 0 aliphatic heterocycles. The molecule has 0 fully saturated rings. The summed E-state index contributed by atoms with van der Waals surface area (Å²) in [5.41, 5.74) is 0. The van der Waals surface area contributed by atoms with Crippen molar-refractivity contribution in [2.75, 3.05) is 5.75 Å². The van der Waals surface area contributed by atoms with E-state index in [2.05, 4.69) is 14.9 Å². The zero-order chi connectivity index (χ0) is 12.2. The van der Waals surface area contributed by atoms with Gasteiger partial charge in [-0.15, -0.1) is 10.2 Å². The highest BCUT2D eigenvalue weighted by Crippen LogP contribution is 2.11. The van der Waals surface area contributed by atoms with Gasteiger partial charge in [0.05, 0.1) is 12.3 Å². The molecule has 0 atom stereocenters. The predicted octanol–water partition coefficient (Wildman–Crippen LogP) is 1.02. The number of rotatable bonds is 6. The van der Waals surface area contributed by atoms with Crippen LogP contribution in [-0.4, -0.2) is 24.4 Å². The molecule has 1 aromatic rings. The minimum absolute atomic E-state index is 0.0576. The van der Waals surface area contributed by atoms with Crippen molar-refractivity contribution >= 4 is 10.0 Å². The van der Waals surface area contributed by atoms with Gasteiger partial charge in [-0.2, -0.15) is 0 Å². The van der Waals surface area contributed by atoms with Crippen molar-refractivity contribution < 1.29 is 12.8 Å². The summed E-state index contributed by atoms with van der Waals surface area (Å²) < 4.78 is 30.4. The standard InChI is InChI=1S/C9H17N3O3S/c1-4-5-16(13,14)10-6-8-11-12-9(15-8)7(2)3/h7,10H,4-6H2,1-3H3. The number of aromatic nitrogens is 2. The zero-order valence-corrected chi connectivity index (χ0v) is 10.5. The molecule has 0 saturated carbocycles. The lowest BCUT2D eigenvalue weighted by Gasteiger charge is -2.01. The summed E-state index contributed by atoms with van der Waals surface area (Å²) in [7, 11) is -3.22. The second kappa shape index (κ2) is 5.40. The lowest BCUT2D eigenvalue weighted by atomic mass is 10.2. The van der Waals surface area contributed by atoms with E-state index < -0.39 is 10.0 Å². The molecule has 0 aliphatic rings. The maximum absolute atomic E-state index is 11.3. The predicted molar refractivity (Wildman–Crippen MR) is 59.3 cm³/mol. The Kier molecular flexibility index (Phi) is 4.43. The van der Waals surface area contributed by atoms with Crippen LogP contribution in [0.15, 0.2) is 4.42 Å². The van der Waals surface area contributed by atoms with E-state index in [0.717, 1.165) is 0 Å². The van der Waals surface area contributed by atoms with Crippen molar-refractivity contribution in [1.82, 2.24) is 14.9 Å². The van der Waals surface area contributed by atoms with Crippen LogP contribution in [0.5, 0.6) is 0 Å². The van der Waals surface area contributed by atoms with Crippen molar-refractivity contribution in [3.05, 3.63) is 11.8 Å². The van der Waals surface area contributed by atoms with Crippen LogP contribution in [0, 0.1) is 0 Å². The third-order valence-electron chi connectivity index (χ3n) is 1.89. The number of nitrogens with zero attached hydrogens (tertiary/aromatic N) is 2. The van der Waals surface area contributed by atoms with Crippen molar-refractivity contribution in [3.8, 4) is 0 Å². The number of hydrogen-bond acceptors (Lipinski definition) is 5. The normalized spacial score (nSPS) is 12.2. The summed E-state index contributed by atoms with van der Waals surface area (Å²) in [4.78, 5) is 0. The Morgan fingerprint density at radius 2 is 2.06 bits per heavy atom. The van der Waals surface area contributed by atoms with Gasteiger partial charge in [0.25, 0.3) is 0 Å². The summed E-state index contributed by atoms with van der Waals surface area (Å²) >= 11 is 0. The molecule has 0 spiro atoms. The highest BCUT2D eigenvalue weighted by molar-refractivity contribution is 7.89. The van der Waals surface area contributed by atoms with Gasteiger partial charge in [0, 0.05) is 5.92 Å². The van der Waals surface area contributed by atoms with E-state index in [0.29, 0.717) is 18.2 Å². The van der Waals surface area contributed by atoms with Gasteiger partial charge in [0.15, 0.2) is 0 Å². The topological polar surface area (TPSA) is 85.1 Å². The lowest BCUT2D eigenvalue weighted by molar-refractivity contribution is 0.427. The van der Waals surface area contributed by atoms with Gasteiger partial charge in [-0.3, -0.25) is 0 Å². The Balaban J connectivity index is 2.55. The minimum atomic E-state index is -3.22. The van der Waals surface area contributed by atoms with Gasteiger partial charge in [0.2, 0.25) is 21.8 Å². The third-order valence-corrected chi connectivity index (χ3v) is 3.42. The molecule has 92 valence electrons. The van der Waals surface area contributed by atoms with Crippen LogP contribution in [-0.2, 0) is 16.6 Å². The van der Waals surface area contributed by atoms with Crippen LogP contribution in [0.3, 0.4) is 0 Å².